The third kappa shape index (κ3) is 4.39. The van der Waals surface area contributed by atoms with Crippen LogP contribution in [0.4, 0.5) is 4.39 Å². The van der Waals surface area contributed by atoms with Gasteiger partial charge in [-0.1, -0.05) is 18.2 Å². The lowest BCUT2D eigenvalue weighted by molar-refractivity contribution is 0.400. The number of hydrogen-bond donors (Lipinski definition) is 1. The molecule has 0 aliphatic heterocycles. The second-order valence-electron chi connectivity index (χ2n) is 5.98. The number of nitrogens with one attached hydrogen (secondary N) is 1. The average molecular weight is 292 g/mol. The number of halogens is 1. The van der Waals surface area contributed by atoms with E-state index in [1.807, 2.05) is 17.5 Å². The van der Waals surface area contributed by atoms with Crippen molar-refractivity contribution in [3.05, 3.63) is 52.2 Å². The van der Waals surface area contributed by atoms with Crippen molar-refractivity contribution in [2.24, 2.45) is 0 Å². The van der Waals surface area contributed by atoms with Crippen LogP contribution in [0.2, 0.25) is 0 Å². The van der Waals surface area contributed by atoms with Crippen molar-refractivity contribution < 1.29 is 4.39 Å². The quantitative estimate of drug-likeness (QED) is 0.901. The highest BCUT2D eigenvalue weighted by molar-refractivity contribution is 7.09. The Kier molecular flexibility index (Phi) is 4.89. The van der Waals surface area contributed by atoms with E-state index in [9.17, 15) is 4.39 Å². The predicted molar refractivity (Wildman–Crippen MR) is 82.7 cm³/mol. The Labute approximate surface area is 124 Å². The van der Waals surface area contributed by atoms with Gasteiger partial charge in [0.05, 0.1) is 5.01 Å². The average Bonchev–Trinajstić information content (AvgIpc) is 2.87. The summed E-state index contributed by atoms with van der Waals surface area (Å²) in [7, 11) is 0. The minimum Gasteiger partial charge on any atom is -0.311 e. The Bertz CT molecular complexity index is 532. The van der Waals surface area contributed by atoms with Crippen LogP contribution in [0, 0.1) is 5.82 Å². The molecular formula is C16H21FN2S. The third-order valence-electron chi connectivity index (χ3n) is 3.13. The van der Waals surface area contributed by atoms with Gasteiger partial charge in [-0.25, -0.2) is 9.37 Å². The van der Waals surface area contributed by atoms with E-state index in [0.29, 0.717) is 0 Å². The number of benzene rings is 1. The second kappa shape index (κ2) is 6.46. The Morgan fingerprint density at radius 1 is 1.30 bits per heavy atom. The molecule has 108 valence electrons. The van der Waals surface area contributed by atoms with Crippen LogP contribution in [-0.2, 0) is 6.42 Å². The Morgan fingerprint density at radius 3 is 2.65 bits per heavy atom. The van der Waals surface area contributed by atoms with E-state index in [1.165, 1.54) is 6.07 Å². The first-order valence-corrected chi connectivity index (χ1v) is 7.71. The van der Waals surface area contributed by atoms with Crippen LogP contribution in [0.15, 0.2) is 35.8 Å². The lowest BCUT2D eigenvalue weighted by Gasteiger charge is -2.25. The first-order chi connectivity index (χ1) is 9.46. The lowest BCUT2D eigenvalue weighted by atomic mass is 9.94. The minimum atomic E-state index is -0.134. The SMILES string of the molecule is CC(C)(C)NCC(Cc1nccs1)c1ccccc1F. The monoisotopic (exact) mass is 292 g/mol. The second-order valence-corrected chi connectivity index (χ2v) is 6.96. The van der Waals surface area contributed by atoms with Crippen molar-refractivity contribution in [2.75, 3.05) is 6.54 Å². The first kappa shape index (κ1) is 15.1. The summed E-state index contributed by atoms with van der Waals surface area (Å²) in [6.45, 7) is 7.10. The van der Waals surface area contributed by atoms with Crippen LogP contribution < -0.4 is 5.32 Å². The highest BCUT2D eigenvalue weighted by Gasteiger charge is 2.20. The predicted octanol–water partition coefficient (Wildman–Crippen LogP) is 4.00. The van der Waals surface area contributed by atoms with Gasteiger partial charge >= 0.3 is 0 Å². The van der Waals surface area contributed by atoms with Crippen LogP contribution in [0.3, 0.4) is 0 Å². The molecule has 1 aromatic carbocycles. The summed E-state index contributed by atoms with van der Waals surface area (Å²) in [5, 5.41) is 6.48. The molecule has 4 heteroatoms. The molecule has 0 fully saturated rings. The molecule has 20 heavy (non-hydrogen) atoms. The molecular weight excluding hydrogens is 271 g/mol. The molecule has 2 rings (SSSR count). The number of aromatic nitrogens is 1. The standard InChI is InChI=1S/C16H21FN2S/c1-16(2,3)19-11-12(10-15-18-8-9-20-15)13-6-4-5-7-14(13)17/h4-9,12,19H,10-11H2,1-3H3. The number of hydrogen-bond acceptors (Lipinski definition) is 3. The van der Waals surface area contributed by atoms with Gasteiger partial charge in [0.1, 0.15) is 5.82 Å². The normalized spacial score (nSPS) is 13.4. The zero-order chi connectivity index (χ0) is 14.6. The fourth-order valence-electron chi connectivity index (χ4n) is 2.09. The maximum absolute atomic E-state index is 14.0. The van der Waals surface area contributed by atoms with E-state index in [0.717, 1.165) is 23.5 Å². The van der Waals surface area contributed by atoms with Gasteiger partial charge in [0.15, 0.2) is 0 Å². The molecule has 0 bridgehead atoms. The zero-order valence-corrected chi connectivity index (χ0v) is 13.0. The van der Waals surface area contributed by atoms with Crippen LogP contribution in [0.5, 0.6) is 0 Å². The summed E-state index contributed by atoms with van der Waals surface area (Å²) in [5.74, 6) is -0.0358. The molecule has 0 amide bonds. The molecule has 1 aromatic heterocycles. The van der Waals surface area contributed by atoms with E-state index >= 15 is 0 Å². The van der Waals surface area contributed by atoms with Crippen LogP contribution in [-0.4, -0.2) is 17.1 Å². The van der Waals surface area contributed by atoms with Gasteiger partial charge in [0, 0.05) is 36.0 Å². The molecule has 0 aliphatic carbocycles. The van der Waals surface area contributed by atoms with E-state index in [1.54, 1.807) is 23.6 Å². The van der Waals surface area contributed by atoms with Gasteiger partial charge in [0.25, 0.3) is 0 Å². The summed E-state index contributed by atoms with van der Waals surface area (Å²) in [4.78, 5) is 4.32. The summed E-state index contributed by atoms with van der Waals surface area (Å²) in [5.41, 5.74) is 0.784. The van der Waals surface area contributed by atoms with Crippen LogP contribution >= 0.6 is 11.3 Å². The van der Waals surface area contributed by atoms with E-state index in [2.05, 4.69) is 31.1 Å². The van der Waals surface area contributed by atoms with Gasteiger partial charge in [-0.3, -0.25) is 0 Å². The summed E-state index contributed by atoms with van der Waals surface area (Å²) < 4.78 is 14.0. The number of rotatable bonds is 5. The van der Waals surface area contributed by atoms with Crippen molar-refractivity contribution >= 4 is 11.3 Å². The molecule has 0 spiro atoms. The maximum atomic E-state index is 14.0. The molecule has 0 saturated heterocycles. The van der Waals surface area contributed by atoms with Gasteiger partial charge < -0.3 is 5.32 Å². The fourth-order valence-corrected chi connectivity index (χ4v) is 2.79. The van der Waals surface area contributed by atoms with Crippen LogP contribution in [0.25, 0.3) is 0 Å². The molecule has 1 heterocycles. The number of nitrogens with zero attached hydrogens (tertiary/aromatic N) is 1. The fraction of sp³-hybridized carbons (Fsp3) is 0.438. The molecule has 1 N–H and O–H groups in total. The molecule has 0 saturated carbocycles. The zero-order valence-electron chi connectivity index (χ0n) is 12.2. The summed E-state index contributed by atoms with van der Waals surface area (Å²) in [6.07, 6.45) is 2.57. The van der Waals surface area contributed by atoms with E-state index < -0.39 is 0 Å². The molecule has 0 aliphatic rings. The van der Waals surface area contributed by atoms with E-state index in [4.69, 9.17) is 0 Å². The highest BCUT2D eigenvalue weighted by Crippen LogP contribution is 2.24. The summed E-state index contributed by atoms with van der Waals surface area (Å²) >= 11 is 1.62. The smallest absolute Gasteiger partial charge is 0.126 e. The van der Waals surface area contributed by atoms with Crippen LogP contribution in [0.1, 0.15) is 37.3 Å². The van der Waals surface area contributed by atoms with Gasteiger partial charge in [-0.2, -0.15) is 0 Å². The first-order valence-electron chi connectivity index (χ1n) is 6.83. The molecule has 2 nitrogen and oxygen atoms in total. The Hall–Kier alpha value is -1.26. The van der Waals surface area contributed by atoms with Gasteiger partial charge in [-0.05, 0) is 32.4 Å². The van der Waals surface area contributed by atoms with Gasteiger partial charge in [-0.15, -0.1) is 11.3 Å². The van der Waals surface area contributed by atoms with Gasteiger partial charge in [0.2, 0.25) is 0 Å². The molecule has 1 unspecified atom stereocenters. The van der Waals surface area contributed by atoms with Crippen molar-refractivity contribution in [3.63, 3.8) is 0 Å². The Balaban J connectivity index is 2.17. The number of thiazole rings is 1. The summed E-state index contributed by atoms with van der Waals surface area (Å²) in [6, 6.07) is 7.03. The van der Waals surface area contributed by atoms with Crippen molar-refractivity contribution in [3.8, 4) is 0 Å². The maximum Gasteiger partial charge on any atom is 0.126 e. The van der Waals surface area contributed by atoms with Crippen molar-refractivity contribution in [1.82, 2.24) is 10.3 Å². The Morgan fingerprint density at radius 2 is 2.05 bits per heavy atom. The van der Waals surface area contributed by atoms with E-state index in [-0.39, 0.29) is 17.3 Å². The third-order valence-corrected chi connectivity index (χ3v) is 3.93. The molecule has 1 atom stereocenters. The minimum absolute atomic E-state index is 0.0202. The van der Waals surface area contributed by atoms with Crippen molar-refractivity contribution in [1.29, 1.82) is 0 Å². The highest BCUT2D eigenvalue weighted by atomic mass is 32.1. The molecule has 2 aromatic rings. The van der Waals surface area contributed by atoms with Crippen molar-refractivity contribution in [2.45, 2.75) is 38.6 Å². The topological polar surface area (TPSA) is 24.9 Å². The lowest BCUT2D eigenvalue weighted by Crippen LogP contribution is -2.39. The largest absolute Gasteiger partial charge is 0.311 e. The molecule has 0 radical (unpaired) electrons.